The molecule has 0 aliphatic heterocycles. The molecule has 0 saturated carbocycles. The molecular formula is C13H27NO2. The molecule has 0 aromatic carbocycles. The van der Waals surface area contributed by atoms with Gasteiger partial charge in [-0.25, -0.2) is 0 Å². The smallest absolute Gasteiger partial charge is 0.195 e. The molecule has 3 nitrogen and oxygen atoms in total. The summed E-state index contributed by atoms with van der Waals surface area (Å²) in [5, 5.41) is 0. The van der Waals surface area contributed by atoms with Gasteiger partial charge in [0, 0.05) is 20.8 Å². The van der Waals surface area contributed by atoms with E-state index >= 15 is 0 Å². The minimum atomic E-state index is -0.278. The monoisotopic (exact) mass is 229 g/mol. The van der Waals surface area contributed by atoms with E-state index in [1.54, 1.807) is 14.2 Å². The summed E-state index contributed by atoms with van der Waals surface area (Å²) in [7, 11) is 3.27. The molecule has 0 atom stereocenters. The van der Waals surface area contributed by atoms with Crippen LogP contribution in [0.15, 0.2) is 4.99 Å². The number of rotatable bonds is 10. The summed E-state index contributed by atoms with van der Waals surface area (Å²) in [5.41, 5.74) is 0.929. The molecule has 0 saturated heterocycles. The average molecular weight is 229 g/mol. The van der Waals surface area contributed by atoms with Crippen molar-refractivity contribution in [3.05, 3.63) is 0 Å². The molecule has 96 valence electrons. The van der Waals surface area contributed by atoms with E-state index in [-0.39, 0.29) is 6.29 Å². The lowest BCUT2D eigenvalue weighted by Crippen LogP contribution is -2.22. The molecule has 0 fully saturated rings. The van der Waals surface area contributed by atoms with Gasteiger partial charge in [-0.2, -0.15) is 0 Å². The first-order valence-corrected chi connectivity index (χ1v) is 6.32. The van der Waals surface area contributed by atoms with Crippen LogP contribution in [-0.2, 0) is 9.47 Å². The second-order valence-corrected chi connectivity index (χ2v) is 4.09. The van der Waals surface area contributed by atoms with Gasteiger partial charge in [0.15, 0.2) is 6.29 Å². The highest BCUT2D eigenvalue weighted by Crippen LogP contribution is 2.05. The summed E-state index contributed by atoms with van der Waals surface area (Å²) in [4.78, 5) is 4.45. The first-order chi connectivity index (χ1) is 7.76. The zero-order valence-corrected chi connectivity index (χ0v) is 11.3. The number of hydrogen-bond acceptors (Lipinski definition) is 3. The van der Waals surface area contributed by atoms with Crippen LogP contribution < -0.4 is 0 Å². The number of methoxy groups -OCH3 is 2. The Hall–Kier alpha value is -0.410. The van der Waals surface area contributed by atoms with Gasteiger partial charge in [0.05, 0.1) is 5.71 Å². The highest BCUT2D eigenvalue weighted by Gasteiger charge is 2.07. The van der Waals surface area contributed by atoms with Crippen molar-refractivity contribution in [2.24, 2.45) is 4.99 Å². The van der Waals surface area contributed by atoms with E-state index in [0.29, 0.717) is 0 Å². The molecule has 0 aromatic heterocycles. The molecule has 3 heteroatoms. The average Bonchev–Trinajstić information content (AvgIpc) is 2.29. The third-order valence-electron chi connectivity index (χ3n) is 2.64. The van der Waals surface area contributed by atoms with E-state index in [2.05, 4.69) is 11.9 Å². The van der Waals surface area contributed by atoms with Crippen LogP contribution in [0.2, 0.25) is 0 Å². The minimum Gasteiger partial charge on any atom is -0.351 e. The first kappa shape index (κ1) is 15.6. The highest BCUT2D eigenvalue weighted by molar-refractivity contribution is 5.85. The fraction of sp³-hybridized carbons (Fsp3) is 0.923. The van der Waals surface area contributed by atoms with Crippen LogP contribution in [0.3, 0.4) is 0 Å². The van der Waals surface area contributed by atoms with Gasteiger partial charge in [-0.05, 0) is 13.3 Å². The van der Waals surface area contributed by atoms with Crippen molar-refractivity contribution in [3.8, 4) is 0 Å². The molecule has 0 radical (unpaired) electrons. The lowest BCUT2D eigenvalue weighted by atomic mass is 10.1. The van der Waals surface area contributed by atoms with Crippen LogP contribution in [0, 0.1) is 0 Å². The quantitative estimate of drug-likeness (QED) is 0.326. The van der Waals surface area contributed by atoms with Crippen molar-refractivity contribution in [2.75, 3.05) is 20.8 Å². The predicted octanol–water partition coefficient (Wildman–Crippen LogP) is 3.43. The molecule has 16 heavy (non-hydrogen) atoms. The Morgan fingerprint density at radius 1 is 1.00 bits per heavy atom. The van der Waals surface area contributed by atoms with Crippen LogP contribution in [0.1, 0.15) is 52.4 Å². The molecule has 0 amide bonds. The van der Waals surface area contributed by atoms with Crippen LogP contribution in [0.5, 0.6) is 0 Å². The fourth-order valence-corrected chi connectivity index (χ4v) is 1.66. The van der Waals surface area contributed by atoms with Gasteiger partial charge < -0.3 is 9.47 Å². The maximum atomic E-state index is 5.12. The van der Waals surface area contributed by atoms with Crippen molar-refractivity contribution in [1.82, 2.24) is 0 Å². The standard InChI is InChI=1S/C13H27NO2/c1-5-6-7-8-9-10-11-14-12(2)13(15-3)16-4/h13H,5-11H2,1-4H3/b14-12+. The minimum absolute atomic E-state index is 0.278. The second kappa shape index (κ2) is 11.1. The largest absolute Gasteiger partial charge is 0.351 e. The Kier molecular flexibility index (Phi) is 10.8. The topological polar surface area (TPSA) is 30.8 Å². The van der Waals surface area contributed by atoms with Gasteiger partial charge in [0.1, 0.15) is 0 Å². The zero-order chi connectivity index (χ0) is 12.2. The Morgan fingerprint density at radius 3 is 2.12 bits per heavy atom. The van der Waals surface area contributed by atoms with Crippen LogP contribution in [0.4, 0.5) is 0 Å². The summed E-state index contributed by atoms with van der Waals surface area (Å²) in [6, 6.07) is 0. The zero-order valence-electron chi connectivity index (χ0n) is 11.3. The predicted molar refractivity (Wildman–Crippen MR) is 69.2 cm³/mol. The lowest BCUT2D eigenvalue weighted by molar-refractivity contribution is -0.0524. The second-order valence-electron chi connectivity index (χ2n) is 4.09. The summed E-state index contributed by atoms with van der Waals surface area (Å²) in [6.07, 6.45) is 7.53. The molecule has 0 spiro atoms. The number of nitrogens with zero attached hydrogens (tertiary/aromatic N) is 1. The van der Waals surface area contributed by atoms with Gasteiger partial charge in [-0.1, -0.05) is 39.0 Å². The number of unbranched alkanes of at least 4 members (excludes halogenated alkanes) is 5. The van der Waals surface area contributed by atoms with Gasteiger partial charge in [0.25, 0.3) is 0 Å². The SMILES string of the molecule is CCCCCCCC/N=C(\C)C(OC)OC. The highest BCUT2D eigenvalue weighted by atomic mass is 16.7. The molecule has 0 aliphatic carbocycles. The number of ether oxygens (including phenoxy) is 2. The maximum absolute atomic E-state index is 5.12. The summed E-state index contributed by atoms with van der Waals surface area (Å²) < 4.78 is 10.2. The van der Waals surface area contributed by atoms with Crippen molar-refractivity contribution in [1.29, 1.82) is 0 Å². The summed E-state index contributed by atoms with van der Waals surface area (Å²) >= 11 is 0. The summed E-state index contributed by atoms with van der Waals surface area (Å²) in [6.45, 7) is 5.08. The van der Waals surface area contributed by atoms with Crippen LogP contribution in [-0.4, -0.2) is 32.8 Å². The molecule has 0 aromatic rings. The van der Waals surface area contributed by atoms with Crippen LogP contribution in [0.25, 0.3) is 0 Å². The molecule has 0 bridgehead atoms. The van der Waals surface area contributed by atoms with Crippen molar-refractivity contribution in [2.45, 2.75) is 58.7 Å². The van der Waals surface area contributed by atoms with E-state index in [1.165, 1.54) is 38.5 Å². The van der Waals surface area contributed by atoms with E-state index in [4.69, 9.17) is 9.47 Å². The Bertz CT molecular complexity index is 177. The van der Waals surface area contributed by atoms with E-state index in [1.807, 2.05) is 6.92 Å². The van der Waals surface area contributed by atoms with E-state index in [0.717, 1.165) is 12.3 Å². The normalized spacial score (nSPS) is 12.4. The maximum Gasteiger partial charge on any atom is 0.195 e. The molecule has 0 aliphatic rings. The number of hydrogen-bond donors (Lipinski definition) is 0. The Balaban J connectivity index is 3.51. The molecule has 0 rings (SSSR count). The van der Waals surface area contributed by atoms with Gasteiger partial charge in [-0.3, -0.25) is 4.99 Å². The van der Waals surface area contributed by atoms with E-state index in [9.17, 15) is 0 Å². The molecule has 0 unspecified atom stereocenters. The third-order valence-corrected chi connectivity index (χ3v) is 2.64. The molecular weight excluding hydrogens is 202 g/mol. The van der Waals surface area contributed by atoms with Crippen LogP contribution >= 0.6 is 0 Å². The van der Waals surface area contributed by atoms with Gasteiger partial charge in [0.2, 0.25) is 0 Å². The van der Waals surface area contributed by atoms with Gasteiger partial charge >= 0.3 is 0 Å². The van der Waals surface area contributed by atoms with Crippen molar-refractivity contribution in [3.63, 3.8) is 0 Å². The Labute approximate surface area is 100 Å². The summed E-state index contributed by atoms with van der Waals surface area (Å²) in [5.74, 6) is 0. The third kappa shape index (κ3) is 7.83. The van der Waals surface area contributed by atoms with Gasteiger partial charge in [-0.15, -0.1) is 0 Å². The molecule has 0 heterocycles. The first-order valence-electron chi connectivity index (χ1n) is 6.32. The van der Waals surface area contributed by atoms with Crippen molar-refractivity contribution >= 4 is 5.71 Å². The molecule has 0 N–H and O–H groups in total. The Morgan fingerprint density at radius 2 is 1.56 bits per heavy atom. The number of aliphatic imine (C=N–C) groups is 1. The van der Waals surface area contributed by atoms with E-state index < -0.39 is 0 Å². The lowest BCUT2D eigenvalue weighted by Gasteiger charge is -2.12. The fourth-order valence-electron chi connectivity index (χ4n) is 1.66. The van der Waals surface area contributed by atoms with Crippen molar-refractivity contribution < 1.29 is 9.47 Å².